The molecule has 0 aliphatic heterocycles. The first kappa shape index (κ1) is 20.5. The molecule has 1 aromatic heterocycles. The van der Waals surface area contributed by atoms with Crippen molar-refractivity contribution in [1.29, 1.82) is 0 Å². The standard InChI is InChI=1S/C21H20N2O5S/c1-4-28-20(24)17-18(21(25)27-3)22-23(14-10-12-15(26-2)13-11-14)19(17)29-16-8-6-5-7-9-16/h5-13H,4H2,1-3H3. The first-order valence-electron chi connectivity index (χ1n) is 8.84. The van der Waals surface area contributed by atoms with Crippen LogP contribution in [0.15, 0.2) is 64.5 Å². The summed E-state index contributed by atoms with van der Waals surface area (Å²) in [4.78, 5) is 26.0. The maximum Gasteiger partial charge on any atom is 0.359 e. The van der Waals surface area contributed by atoms with E-state index in [0.717, 1.165) is 4.90 Å². The Bertz CT molecular complexity index is 1000. The highest BCUT2D eigenvalue weighted by Crippen LogP contribution is 2.35. The van der Waals surface area contributed by atoms with Gasteiger partial charge in [0.2, 0.25) is 0 Å². The van der Waals surface area contributed by atoms with E-state index >= 15 is 0 Å². The Morgan fingerprint density at radius 2 is 1.69 bits per heavy atom. The topological polar surface area (TPSA) is 79.7 Å². The molecule has 0 atom stereocenters. The molecular weight excluding hydrogens is 392 g/mol. The number of rotatable bonds is 7. The third-order valence-electron chi connectivity index (χ3n) is 3.98. The summed E-state index contributed by atoms with van der Waals surface area (Å²) in [5, 5.41) is 4.84. The summed E-state index contributed by atoms with van der Waals surface area (Å²) in [6.45, 7) is 1.87. The molecule has 0 aliphatic rings. The zero-order valence-electron chi connectivity index (χ0n) is 16.2. The van der Waals surface area contributed by atoms with Crippen LogP contribution in [0.5, 0.6) is 5.75 Å². The maximum absolute atomic E-state index is 12.7. The van der Waals surface area contributed by atoms with Crippen molar-refractivity contribution in [3.8, 4) is 11.4 Å². The molecule has 2 aromatic carbocycles. The van der Waals surface area contributed by atoms with Crippen LogP contribution in [0.3, 0.4) is 0 Å². The van der Waals surface area contributed by atoms with Crippen molar-refractivity contribution >= 4 is 23.7 Å². The second-order valence-electron chi connectivity index (χ2n) is 5.77. The molecule has 0 amide bonds. The lowest BCUT2D eigenvalue weighted by molar-refractivity contribution is 0.0499. The number of methoxy groups -OCH3 is 2. The van der Waals surface area contributed by atoms with Crippen LogP contribution in [-0.2, 0) is 9.47 Å². The lowest BCUT2D eigenvalue weighted by Crippen LogP contribution is -2.12. The SMILES string of the molecule is CCOC(=O)c1c(C(=O)OC)nn(-c2ccc(OC)cc2)c1Sc1ccccc1. The zero-order valence-corrected chi connectivity index (χ0v) is 17.1. The van der Waals surface area contributed by atoms with Crippen LogP contribution in [0.2, 0.25) is 0 Å². The van der Waals surface area contributed by atoms with Crippen molar-refractivity contribution < 1.29 is 23.8 Å². The minimum Gasteiger partial charge on any atom is -0.497 e. The minimum absolute atomic E-state index is 0.0726. The highest BCUT2D eigenvalue weighted by Gasteiger charge is 2.31. The fourth-order valence-corrected chi connectivity index (χ4v) is 3.65. The van der Waals surface area contributed by atoms with Crippen molar-refractivity contribution in [3.63, 3.8) is 0 Å². The molecule has 0 bridgehead atoms. The van der Waals surface area contributed by atoms with Gasteiger partial charge in [0.15, 0.2) is 5.69 Å². The van der Waals surface area contributed by atoms with Gasteiger partial charge >= 0.3 is 11.9 Å². The van der Waals surface area contributed by atoms with E-state index in [1.54, 1.807) is 38.3 Å². The molecule has 7 nitrogen and oxygen atoms in total. The van der Waals surface area contributed by atoms with E-state index in [9.17, 15) is 9.59 Å². The second-order valence-corrected chi connectivity index (χ2v) is 6.83. The molecule has 29 heavy (non-hydrogen) atoms. The van der Waals surface area contributed by atoms with Crippen LogP contribution >= 0.6 is 11.8 Å². The van der Waals surface area contributed by atoms with Crippen LogP contribution in [0, 0.1) is 0 Å². The van der Waals surface area contributed by atoms with Crippen molar-refractivity contribution in [3.05, 3.63) is 65.9 Å². The van der Waals surface area contributed by atoms with Crippen LogP contribution in [-0.4, -0.2) is 42.5 Å². The summed E-state index contributed by atoms with van der Waals surface area (Å²) >= 11 is 1.31. The predicted molar refractivity (Wildman–Crippen MR) is 108 cm³/mol. The molecule has 0 radical (unpaired) electrons. The largest absolute Gasteiger partial charge is 0.497 e. The summed E-state index contributed by atoms with van der Waals surface area (Å²) in [6.07, 6.45) is 0. The van der Waals surface area contributed by atoms with Crippen LogP contribution in [0.4, 0.5) is 0 Å². The van der Waals surface area contributed by atoms with Gasteiger partial charge in [-0.1, -0.05) is 30.0 Å². The van der Waals surface area contributed by atoms with Crippen molar-refractivity contribution in [2.45, 2.75) is 16.8 Å². The Labute approximate surface area is 172 Å². The summed E-state index contributed by atoms with van der Waals surface area (Å²) in [5.41, 5.74) is 0.633. The lowest BCUT2D eigenvalue weighted by atomic mass is 10.2. The Morgan fingerprint density at radius 3 is 2.28 bits per heavy atom. The number of carbonyl (C=O) groups excluding carboxylic acids is 2. The molecule has 0 N–H and O–H groups in total. The highest BCUT2D eigenvalue weighted by molar-refractivity contribution is 7.99. The van der Waals surface area contributed by atoms with Gasteiger partial charge in [0, 0.05) is 4.90 Å². The Balaban J connectivity index is 2.21. The highest BCUT2D eigenvalue weighted by atomic mass is 32.2. The third kappa shape index (κ3) is 4.43. The van der Waals surface area contributed by atoms with Gasteiger partial charge in [0.05, 0.1) is 26.5 Å². The number of hydrogen-bond donors (Lipinski definition) is 0. The average molecular weight is 412 g/mol. The summed E-state index contributed by atoms with van der Waals surface area (Å²) < 4.78 is 16.8. The molecule has 0 fully saturated rings. The molecule has 0 aliphatic carbocycles. The zero-order chi connectivity index (χ0) is 20.8. The average Bonchev–Trinajstić information content (AvgIpc) is 3.13. The van der Waals surface area contributed by atoms with Gasteiger partial charge in [-0.25, -0.2) is 14.3 Å². The maximum atomic E-state index is 12.7. The number of ether oxygens (including phenoxy) is 3. The first-order valence-corrected chi connectivity index (χ1v) is 9.66. The van der Waals surface area contributed by atoms with Crippen LogP contribution in [0.1, 0.15) is 27.8 Å². The van der Waals surface area contributed by atoms with Gasteiger partial charge in [-0.15, -0.1) is 0 Å². The Hall–Kier alpha value is -3.26. The number of aromatic nitrogens is 2. The lowest BCUT2D eigenvalue weighted by Gasteiger charge is -2.10. The normalized spacial score (nSPS) is 10.4. The van der Waals surface area contributed by atoms with E-state index in [1.165, 1.54) is 23.6 Å². The number of nitrogens with zero attached hydrogens (tertiary/aromatic N) is 2. The fourth-order valence-electron chi connectivity index (χ4n) is 2.62. The van der Waals surface area contributed by atoms with E-state index in [2.05, 4.69) is 5.10 Å². The molecule has 0 saturated carbocycles. The monoisotopic (exact) mass is 412 g/mol. The molecule has 3 rings (SSSR count). The number of hydrogen-bond acceptors (Lipinski definition) is 7. The molecule has 0 saturated heterocycles. The van der Waals surface area contributed by atoms with Crippen molar-refractivity contribution in [1.82, 2.24) is 9.78 Å². The fraction of sp³-hybridized carbons (Fsp3) is 0.190. The smallest absolute Gasteiger partial charge is 0.359 e. The van der Waals surface area contributed by atoms with Gasteiger partial charge in [-0.05, 0) is 43.3 Å². The van der Waals surface area contributed by atoms with Gasteiger partial charge in [0.25, 0.3) is 0 Å². The number of carbonyl (C=O) groups is 2. The van der Waals surface area contributed by atoms with Gasteiger partial charge < -0.3 is 14.2 Å². The Kier molecular flexibility index (Phi) is 6.56. The van der Waals surface area contributed by atoms with E-state index in [4.69, 9.17) is 14.2 Å². The molecular formula is C21H20N2O5S. The van der Waals surface area contributed by atoms with E-state index in [-0.39, 0.29) is 17.9 Å². The molecule has 150 valence electrons. The Morgan fingerprint density at radius 1 is 1.00 bits per heavy atom. The molecule has 1 heterocycles. The quantitative estimate of drug-likeness (QED) is 0.543. The van der Waals surface area contributed by atoms with Gasteiger partial charge in [0.1, 0.15) is 16.3 Å². The van der Waals surface area contributed by atoms with E-state index < -0.39 is 11.9 Å². The predicted octanol–water partition coefficient (Wildman–Crippen LogP) is 4.00. The van der Waals surface area contributed by atoms with Crippen molar-refractivity contribution in [2.75, 3.05) is 20.8 Å². The summed E-state index contributed by atoms with van der Waals surface area (Å²) in [6, 6.07) is 16.6. The second kappa shape index (κ2) is 9.29. The molecule has 8 heteroatoms. The minimum atomic E-state index is -0.713. The van der Waals surface area contributed by atoms with Crippen LogP contribution < -0.4 is 4.74 Å². The number of benzene rings is 2. The number of esters is 2. The molecule has 0 unspecified atom stereocenters. The molecule has 0 spiro atoms. The third-order valence-corrected chi connectivity index (χ3v) is 5.05. The van der Waals surface area contributed by atoms with Gasteiger partial charge in [-0.2, -0.15) is 5.10 Å². The summed E-state index contributed by atoms with van der Waals surface area (Å²) in [7, 11) is 2.82. The van der Waals surface area contributed by atoms with E-state index in [0.29, 0.717) is 16.5 Å². The molecule has 3 aromatic rings. The first-order chi connectivity index (χ1) is 14.1. The van der Waals surface area contributed by atoms with Crippen molar-refractivity contribution in [2.24, 2.45) is 0 Å². The van der Waals surface area contributed by atoms with E-state index in [1.807, 2.05) is 30.3 Å². The summed E-state index contributed by atoms with van der Waals surface area (Å²) in [5.74, 6) is -0.668. The van der Waals surface area contributed by atoms with Gasteiger partial charge in [-0.3, -0.25) is 0 Å². The van der Waals surface area contributed by atoms with Crippen LogP contribution in [0.25, 0.3) is 5.69 Å².